The van der Waals surface area contributed by atoms with Crippen LogP contribution in [0.25, 0.3) is 27.2 Å². The number of rotatable bonds is 3. The lowest BCUT2D eigenvalue weighted by molar-refractivity contribution is -0.645. The zero-order valence-electron chi connectivity index (χ0n) is 19.7. The highest BCUT2D eigenvalue weighted by atomic mass is 14.9. The number of pyridine rings is 1. The number of fused-ring (bicyclic) bond motifs is 3. The molecule has 4 nitrogen and oxygen atoms in total. The first-order valence-electron chi connectivity index (χ1n) is 10.6. The predicted octanol–water partition coefficient (Wildman–Crippen LogP) is 6.02. The van der Waals surface area contributed by atoms with E-state index in [1.807, 2.05) is 77.1 Å². The van der Waals surface area contributed by atoms with E-state index in [0.29, 0.717) is 0 Å². The van der Waals surface area contributed by atoms with Crippen LogP contribution >= 0.6 is 0 Å². The van der Waals surface area contributed by atoms with Gasteiger partial charge in [0.1, 0.15) is 7.05 Å². The van der Waals surface area contributed by atoms with Gasteiger partial charge in [0, 0.05) is 34.1 Å². The summed E-state index contributed by atoms with van der Waals surface area (Å²) in [7, 11) is 2.06. The van der Waals surface area contributed by atoms with Gasteiger partial charge in [-0.25, -0.2) is 0 Å². The summed E-state index contributed by atoms with van der Waals surface area (Å²) in [6, 6.07) is 12.1. The van der Waals surface area contributed by atoms with E-state index in [2.05, 4.69) is 36.4 Å². The van der Waals surface area contributed by atoms with Gasteiger partial charge < -0.3 is 17.2 Å². The number of anilines is 2. The van der Waals surface area contributed by atoms with Gasteiger partial charge in [-0.3, -0.25) is 0 Å². The maximum Gasteiger partial charge on any atom is 0.220 e. The van der Waals surface area contributed by atoms with E-state index >= 15 is 0 Å². The van der Waals surface area contributed by atoms with Gasteiger partial charge in [0.2, 0.25) is 11.2 Å². The Morgan fingerprint density at radius 2 is 1.48 bits per heavy atom. The first-order valence-corrected chi connectivity index (χ1v) is 10.6. The van der Waals surface area contributed by atoms with Gasteiger partial charge in [0.15, 0.2) is 0 Å². The third kappa shape index (κ3) is 6.22. The van der Waals surface area contributed by atoms with Crippen molar-refractivity contribution in [2.45, 2.75) is 34.6 Å². The molecule has 3 rings (SSSR count). The van der Waals surface area contributed by atoms with Crippen LogP contribution in [-0.4, -0.2) is 0 Å². The fourth-order valence-corrected chi connectivity index (χ4v) is 3.22. The van der Waals surface area contributed by atoms with Crippen LogP contribution in [0.5, 0.6) is 0 Å². The van der Waals surface area contributed by atoms with Crippen LogP contribution in [-0.2, 0) is 7.05 Å². The third-order valence-corrected chi connectivity index (χ3v) is 4.68. The molecule has 0 unspecified atom stereocenters. The molecule has 0 aliphatic heterocycles. The van der Waals surface area contributed by atoms with Crippen molar-refractivity contribution in [3.05, 3.63) is 84.7 Å². The normalized spacial score (nSPS) is 11.7. The highest BCUT2D eigenvalue weighted by molar-refractivity contribution is 6.09. The van der Waals surface area contributed by atoms with Gasteiger partial charge in [-0.1, -0.05) is 50.8 Å². The lowest BCUT2D eigenvalue weighted by Gasteiger charge is -2.11. The summed E-state index contributed by atoms with van der Waals surface area (Å²) in [5, 5.41) is 3.43. The van der Waals surface area contributed by atoms with Crippen molar-refractivity contribution in [2.75, 3.05) is 11.5 Å². The maximum atomic E-state index is 6.07. The van der Waals surface area contributed by atoms with Crippen LogP contribution in [0.2, 0.25) is 0 Å². The Bertz CT molecular complexity index is 1130. The highest BCUT2D eigenvalue weighted by Crippen LogP contribution is 2.31. The Hall–Kier alpha value is -3.53. The number of aryl methyl sites for hydroxylation is 1. The van der Waals surface area contributed by atoms with Gasteiger partial charge >= 0.3 is 0 Å². The van der Waals surface area contributed by atoms with Crippen molar-refractivity contribution in [1.29, 1.82) is 0 Å². The van der Waals surface area contributed by atoms with E-state index in [1.54, 1.807) is 6.08 Å². The van der Waals surface area contributed by atoms with Crippen molar-refractivity contribution < 1.29 is 4.57 Å². The van der Waals surface area contributed by atoms with E-state index in [1.165, 1.54) is 0 Å². The van der Waals surface area contributed by atoms with Crippen molar-refractivity contribution in [3.8, 4) is 0 Å². The third-order valence-electron chi connectivity index (χ3n) is 4.68. The Morgan fingerprint density at radius 1 is 0.935 bits per heavy atom. The number of allylic oxidation sites excluding steroid dienone is 7. The van der Waals surface area contributed by atoms with E-state index in [0.717, 1.165) is 50.0 Å². The molecule has 3 aromatic rings. The summed E-state index contributed by atoms with van der Waals surface area (Å²) >= 11 is 0. The number of hydrogen-bond donors (Lipinski definition) is 3. The molecular formula is C27H37N4+. The standard InChI is InChI=1S/C21H21N3.C4H9N.C2H6/c1-4-6-14(7-5-2)21-19-12-15(22)8-10-17(19)18-11-9-16(23)13-20(18)24(21)3;1-3-4(2)5;1-2/h4-13,23H,1,22H2,2-3H3;3H,5H2,1-2H3;1-2H3/p+1/b7-5-,14-6+;4-3+;. The molecule has 0 aliphatic rings. The van der Waals surface area contributed by atoms with Crippen LogP contribution in [0.1, 0.15) is 40.3 Å². The SMILES string of the molecule is C/C=C(\C)N.C=C/C=C(\C=C/C)c1c2cc(N)ccc2c2ccc(N)cc2[n+]1C.CC. The summed E-state index contributed by atoms with van der Waals surface area (Å²) in [5.41, 5.74) is 22.9. The molecule has 164 valence electrons. The minimum absolute atomic E-state index is 0.747. The monoisotopic (exact) mass is 417 g/mol. The van der Waals surface area contributed by atoms with Crippen LogP contribution in [0.3, 0.4) is 0 Å². The van der Waals surface area contributed by atoms with Crippen LogP contribution in [0.4, 0.5) is 11.4 Å². The molecule has 0 saturated heterocycles. The predicted molar refractivity (Wildman–Crippen MR) is 139 cm³/mol. The minimum atomic E-state index is 0.747. The fourth-order valence-electron chi connectivity index (χ4n) is 3.22. The quantitative estimate of drug-likeness (QED) is 0.211. The molecule has 0 aliphatic carbocycles. The first-order chi connectivity index (χ1) is 14.8. The first kappa shape index (κ1) is 25.5. The smallest absolute Gasteiger partial charge is 0.220 e. The second-order valence-corrected chi connectivity index (χ2v) is 6.88. The van der Waals surface area contributed by atoms with Gasteiger partial charge in [-0.15, -0.1) is 0 Å². The molecule has 2 aromatic carbocycles. The van der Waals surface area contributed by atoms with Crippen molar-refractivity contribution in [3.63, 3.8) is 0 Å². The van der Waals surface area contributed by atoms with Crippen LogP contribution < -0.4 is 21.8 Å². The van der Waals surface area contributed by atoms with Crippen LogP contribution in [0, 0.1) is 0 Å². The lowest BCUT2D eigenvalue weighted by Crippen LogP contribution is -2.34. The van der Waals surface area contributed by atoms with Crippen molar-refractivity contribution in [2.24, 2.45) is 12.8 Å². The molecule has 0 fully saturated rings. The topological polar surface area (TPSA) is 81.9 Å². The van der Waals surface area contributed by atoms with E-state index in [-0.39, 0.29) is 0 Å². The number of nitrogen functional groups attached to an aromatic ring is 2. The summed E-state index contributed by atoms with van der Waals surface area (Å²) in [4.78, 5) is 0. The second kappa shape index (κ2) is 12.2. The van der Waals surface area contributed by atoms with Gasteiger partial charge in [-0.05, 0) is 51.1 Å². The number of aromatic nitrogens is 1. The summed E-state index contributed by atoms with van der Waals surface area (Å²) in [6.07, 6.45) is 9.78. The molecule has 0 bridgehead atoms. The van der Waals surface area contributed by atoms with Gasteiger partial charge in [0.05, 0.1) is 10.8 Å². The molecule has 1 heterocycles. The summed E-state index contributed by atoms with van der Waals surface area (Å²) < 4.78 is 2.17. The zero-order valence-corrected chi connectivity index (χ0v) is 19.7. The van der Waals surface area contributed by atoms with E-state index < -0.39 is 0 Å². The molecule has 31 heavy (non-hydrogen) atoms. The summed E-state index contributed by atoms with van der Waals surface area (Å²) in [6.45, 7) is 13.6. The van der Waals surface area contributed by atoms with E-state index in [4.69, 9.17) is 17.2 Å². The minimum Gasteiger partial charge on any atom is -0.403 e. The Kier molecular flexibility index (Phi) is 10.1. The number of nitrogens with zero attached hydrogens (tertiary/aromatic N) is 1. The Labute approximate surface area is 187 Å². The maximum absolute atomic E-state index is 6.07. The second-order valence-electron chi connectivity index (χ2n) is 6.88. The average Bonchev–Trinajstić information content (AvgIpc) is 2.76. The van der Waals surface area contributed by atoms with Gasteiger partial charge in [0.25, 0.3) is 0 Å². The van der Waals surface area contributed by atoms with E-state index in [9.17, 15) is 0 Å². The molecule has 1 aromatic heterocycles. The molecule has 6 N–H and O–H groups in total. The lowest BCUT2D eigenvalue weighted by atomic mass is 9.98. The number of nitrogens with two attached hydrogens (primary N) is 3. The largest absolute Gasteiger partial charge is 0.403 e. The molecule has 0 radical (unpaired) electrons. The zero-order chi connectivity index (χ0) is 23.6. The average molecular weight is 418 g/mol. The fraction of sp³-hybridized carbons (Fsp3) is 0.222. The number of hydrogen-bond acceptors (Lipinski definition) is 3. The molecule has 4 heteroatoms. The van der Waals surface area contributed by atoms with Crippen molar-refractivity contribution in [1.82, 2.24) is 0 Å². The molecule has 0 spiro atoms. The molecule has 0 saturated carbocycles. The highest BCUT2D eigenvalue weighted by Gasteiger charge is 2.21. The Morgan fingerprint density at radius 3 is 2.00 bits per heavy atom. The number of benzene rings is 2. The Balaban J connectivity index is 0.000000605. The molecular weight excluding hydrogens is 380 g/mol. The molecule has 0 atom stereocenters. The van der Waals surface area contributed by atoms with Gasteiger partial charge in [-0.2, -0.15) is 4.57 Å². The molecule has 0 amide bonds. The van der Waals surface area contributed by atoms with Crippen molar-refractivity contribution >= 4 is 38.6 Å². The summed E-state index contributed by atoms with van der Waals surface area (Å²) in [5.74, 6) is 0. The van der Waals surface area contributed by atoms with Crippen LogP contribution in [0.15, 0.2) is 79.1 Å².